The Bertz CT molecular complexity index is 554. The Kier molecular flexibility index (Phi) is 3.99. The smallest absolute Gasteiger partial charge is 0.186 e. The Labute approximate surface area is 109 Å². The Hall–Kier alpha value is -1.82. The van der Waals surface area contributed by atoms with Crippen molar-refractivity contribution in [2.45, 2.75) is 5.16 Å². The third kappa shape index (κ3) is 2.89. The van der Waals surface area contributed by atoms with Crippen molar-refractivity contribution in [3.8, 4) is 5.75 Å². The number of nitrogens with zero attached hydrogens (tertiary/aromatic N) is 3. The summed E-state index contributed by atoms with van der Waals surface area (Å²) in [7, 11) is 3.38. The summed E-state index contributed by atoms with van der Waals surface area (Å²) < 4.78 is 6.73. The van der Waals surface area contributed by atoms with E-state index < -0.39 is 0 Å². The molecule has 6 heteroatoms. The lowest BCUT2D eigenvalue weighted by Gasteiger charge is -2.03. The van der Waals surface area contributed by atoms with Gasteiger partial charge in [0.1, 0.15) is 12.1 Å². The zero-order valence-corrected chi connectivity index (χ0v) is 11.0. The molecule has 0 unspecified atom stereocenters. The van der Waals surface area contributed by atoms with Gasteiger partial charge in [-0.25, -0.2) is 9.67 Å². The molecular formula is C12H13N3O2S. The van der Waals surface area contributed by atoms with Crippen molar-refractivity contribution in [1.29, 1.82) is 0 Å². The van der Waals surface area contributed by atoms with E-state index in [1.165, 1.54) is 18.1 Å². The van der Waals surface area contributed by atoms with Gasteiger partial charge in [0.05, 0.1) is 12.9 Å². The third-order valence-corrected chi connectivity index (χ3v) is 3.43. The van der Waals surface area contributed by atoms with Crippen LogP contribution in [0.5, 0.6) is 5.75 Å². The van der Waals surface area contributed by atoms with Crippen molar-refractivity contribution < 1.29 is 9.53 Å². The molecule has 0 aliphatic heterocycles. The van der Waals surface area contributed by atoms with Gasteiger partial charge in [0, 0.05) is 12.6 Å². The van der Waals surface area contributed by atoms with Crippen LogP contribution in [0.2, 0.25) is 0 Å². The first-order valence-corrected chi connectivity index (χ1v) is 6.33. The van der Waals surface area contributed by atoms with E-state index in [0.29, 0.717) is 17.1 Å². The lowest BCUT2D eigenvalue weighted by atomic mass is 10.1. The fourth-order valence-electron chi connectivity index (χ4n) is 1.43. The van der Waals surface area contributed by atoms with Gasteiger partial charge in [-0.1, -0.05) is 23.9 Å². The van der Waals surface area contributed by atoms with Gasteiger partial charge >= 0.3 is 0 Å². The highest BCUT2D eigenvalue weighted by atomic mass is 32.2. The van der Waals surface area contributed by atoms with Crippen LogP contribution in [0.1, 0.15) is 10.4 Å². The number of ketones is 1. The summed E-state index contributed by atoms with van der Waals surface area (Å²) in [6.45, 7) is 0. The van der Waals surface area contributed by atoms with Crippen LogP contribution < -0.4 is 4.74 Å². The quantitative estimate of drug-likeness (QED) is 0.608. The van der Waals surface area contributed by atoms with Gasteiger partial charge in [-0.05, 0) is 12.1 Å². The SMILES string of the molecule is COc1cccc(C(=O)CSc2ncnn2C)c1. The molecule has 0 bridgehead atoms. The van der Waals surface area contributed by atoms with Crippen LogP contribution in [-0.4, -0.2) is 33.4 Å². The second kappa shape index (κ2) is 5.68. The number of carbonyl (C=O) groups excluding carboxylic acids is 1. The van der Waals surface area contributed by atoms with Crippen molar-refractivity contribution >= 4 is 17.5 Å². The molecule has 0 fully saturated rings. The predicted molar refractivity (Wildman–Crippen MR) is 69.1 cm³/mol. The van der Waals surface area contributed by atoms with E-state index in [0.717, 1.165) is 5.16 Å². The first-order valence-electron chi connectivity index (χ1n) is 5.35. The van der Waals surface area contributed by atoms with E-state index in [2.05, 4.69) is 10.1 Å². The zero-order valence-electron chi connectivity index (χ0n) is 10.2. The second-order valence-corrected chi connectivity index (χ2v) is 4.55. The summed E-state index contributed by atoms with van der Waals surface area (Å²) in [5, 5.41) is 4.68. The summed E-state index contributed by atoms with van der Waals surface area (Å²) in [5.41, 5.74) is 0.643. The maximum atomic E-state index is 12.0. The second-order valence-electron chi connectivity index (χ2n) is 3.61. The average Bonchev–Trinajstić information content (AvgIpc) is 2.81. The molecular weight excluding hydrogens is 250 g/mol. The van der Waals surface area contributed by atoms with Crippen molar-refractivity contribution in [3.05, 3.63) is 36.2 Å². The normalized spacial score (nSPS) is 10.3. The Morgan fingerprint density at radius 3 is 3.00 bits per heavy atom. The Morgan fingerprint density at radius 1 is 1.50 bits per heavy atom. The maximum Gasteiger partial charge on any atom is 0.186 e. The van der Waals surface area contributed by atoms with Crippen LogP contribution >= 0.6 is 11.8 Å². The standard InChI is InChI=1S/C12H13N3O2S/c1-15-12(13-8-14-15)18-7-11(16)9-4-3-5-10(6-9)17-2/h3-6,8H,7H2,1-2H3. The van der Waals surface area contributed by atoms with Gasteiger partial charge in [0.2, 0.25) is 0 Å². The van der Waals surface area contributed by atoms with E-state index in [4.69, 9.17) is 4.74 Å². The third-order valence-electron chi connectivity index (χ3n) is 2.39. The van der Waals surface area contributed by atoms with E-state index in [1.54, 1.807) is 37.0 Å². The average molecular weight is 263 g/mol. The van der Waals surface area contributed by atoms with Crippen molar-refractivity contribution in [2.24, 2.45) is 7.05 Å². The molecule has 0 aliphatic carbocycles. The molecule has 0 amide bonds. The summed E-state index contributed by atoms with van der Waals surface area (Å²) in [4.78, 5) is 16.0. The molecule has 2 rings (SSSR count). The highest BCUT2D eigenvalue weighted by molar-refractivity contribution is 7.99. The minimum atomic E-state index is 0.0434. The molecule has 0 atom stereocenters. The molecule has 0 spiro atoms. The summed E-state index contributed by atoms with van der Waals surface area (Å²) in [5.74, 6) is 1.06. The Morgan fingerprint density at radius 2 is 2.33 bits per heavy atom. The fraction of sp³-hybridized carbons (Fsp3) is 0.250. The van der Waals surface area contributed by atoms with E-state index in [-0.39, 0.29) is 5.78 Å². The first-order chi connectivity index (χ1) is 8.70. The molecule has 2 aromatic rings. The topological polar surface area (TPSA) is 57.0 Å². The number of hydrogen-bond acceptors (Lipinski definition) is 5. The minimum Gasteiger partial charge on any atom is -0.497 e. The Balaban J connectivity index is 2.01. The first kappa shape index (κ1) is 12.6. The van der Waals surface area contributed by atoms with E-state index in [9.17, 15) is 4.79 Å². The molecule has 94 valence electrons. The number of thioether (sulfide) groups is 1. The summed E-state index contributed by atoms with van der Waals surface area (Å²) in [6.07, 6.45) is 1.47. The summed E-state index contributed by atoms with van der Waals surface area (Å²) in [6, 6.07) is 7.13. The monoisotopic (exact) mass is 263 g/mol. The number of aryl methyl sites for hydroxylation is 1. The van der Waals surface area contributed by atoms with Gasteiger partial charge in [-0.2, -0.15) is 5.10 Å². The fourth-order valence-corrected chi connectivity index (χ4v) is 2.21. The number of benzene rings is 1. The number of carbonyl (C=O) groups is 1. The highest BCUT2D eigenvalue weighted by Crippen LogP contribution is 2.18. The molecule has 1 aromatic carbocycles. The highest BCUT2D eigenvalue weighted by Gasteiger charge is 2.09. The van der Waals surface area contributed by atoms with Crippen molar-refractivity contribution in [3.63, 3.8) is 0 Å². The number of ether oxygens (including phenoxy) is 1. The molecule has 0 aliphatic rings. The maximum absolute atomic E-state index is 12.0. The predicted octanol–water partition coefficient (Wildman–Crippen LogP) is 1.80. The van der Waals surface area contributed by atoms with Crippen LogP contribution in [0.4, 0.5) is 0 Å². The zero-order chi connectivity index (χ0) is 13.0. The largest absolute Gasteiger partial charge is 0.497 e. The van der Waals surface area contributed by atoms with Crippen molar-refractivity contribution in [1.82, 2.24) is 14.8 Å². The van der Waals surface area contributed by atoms with Gasteiger partial charge in [0.15, 0.2) is 10.9 Å². The van der Waals surface area contributed by atoms with Crippen LogP contribution in [0, 0.1) is 0 Å². The number of hydrogen-bond donors (Lipinski definition) is 0. The number of rotatable bonds is 5. The van der Waals surface area contributed by atoms with E-state index in [1.807, 2.05) is 6.07 Å². The van der Waals surface area contributed by atoms with Gasteiger partial charge in [0.25, 0.3) is 0 Å². The summed E-state index contributed by atoms with van der Waals surface area (Å²) >= 11 is 1.37. The molecule has 1 heterocycles. The lowest BCUT2D eigenvalue weighted by Crippen LogP contribution is -2.04. The van der Waals surface area contributed by atoms with E-state index >= 15 is 0 Å². The van der Waals surface area contributed by atoms with Gasteiger partial charge in [-0.3, -0.25) is 4.79 Å². The van der Waals surface area contributed by atoms with Crippen LogP contribution in [-0.2, 0) is 7.05 Å². The number of methoxy groups -OCH3 is 1. The van der Waals surface area contributed by atoms with Crippen LogP contribution in [0.25, 0.3) is 0 Å². The van der Waals surface area contributed by atoms with Crippen LogP contribution in [0.3, 0.4) is 0 Å². The van der Waals surface area contributed by atoms with Crippen LogP contribution in [0.15, 0.2) is 35.7 Å². The molecule has 0 saturated heterocycles. The molecule has 0 radical (unpaired) electrons. The molecule has 1 aromatic heterocycles. The van der Waals surface area contributed by atoms with Gasteiger partial charge in [-0.15, -0.1) is 0 Å². The van der Waals surface area contributed by atoms with Crippen molar-refractivity contribution in [2.75, 3.05) is 12.9 Å². The minimum absolute atomic E-state index is 0.0434. The molecule has 0 N–H and O–H groups in total. The molecule has 0 saturated carbocycles. The number of aromatic nitrogens is 3. The lowest BCUT2D eigenvalue weighted by molar-refractivity contribution is 0.102. The number of Topliss-reactive ketones (excluding diaryl/α,β-unsaturated/α-hetero) is 1. The molecule has 18 heavy (non-hydrogen) atoms. The molecule has 5 nitrogen and oxygen atoms in total. The van der Waals surface area contributed by atoms with Gasteiger partial charge < -0.3 is 4.74 Å².